The first-order chi connectivity index (χ1) is 10.8. The molecule has 5 heteroatoms. The molecular formula is C17H22N4O. The first-order valence-corrected chi connectivity index (χ1v) is 7.93. The van der Waals surface area contributed by atoms with Crippen molar-refractivity contribution in [1.29, 1.82) is 0 Å². The van der Waals surface area contributed by atoms with Crippen LogP contribution in [0, 0.1) is 0 Å². The number of para-hydroxylation sites is 2. The first kappa shape index (κ1) is 14.6. The third-order valence-electron chi connectivity index (χ3n) is 3.79. The molecule has 0 saturated heterocycles. The minimum Gasteiger partial charge on any atom is -0.492 e. The Kier molecular flexibility index (Phi) is 4.73. The van der Waals surface area contributed by atoms with Crippen molar-refractivity contribution in [2.45, 2.75) is 38.6 Å². The lowest BCUT2D eigenvalue weighted by atomic mass is 10.2. The summed E-state index contributed by atoms with van der Waals surface area (Å²) < 4.78 is 5.63. The van der Waals surface area contributed by atoms with Crippen molar-refractivity contribution in [3.8, 4) is 5.75 Å². The number of anilines is 3. The molecule has 116 valence electrons. The second-order valence-corrected chi connectivity index (χ2v) is 5.45. The Hall–Kier alpha value is -2.30. The van der Waals surface area contributed by atoms with Crippen molar-refractivity contribution in [2.24, 2.45) is 0 Å². The summed E-state index contributed by atoms with van der Waals surface area (Å²) in [5.41, 5.74) is 0.912. The molecule has 1 aromatic heterocycles. The summed E-state index contributed by atoms with van der Waals surface area (Å²) in [5.74, 6) is 2.28. The summed E-state index contributed by atoms with van der Waals surface area (Å²) in [5, 5.41) is 6.72. The molecule has 0 bridgehead atoms. The minimum atomic E-state index is 0.506. The molecule has 1 aliphatic rings. The smallest absolute Gasteiger partial charge is 0.224 e. The van der Waals surface area contributed by atoms with Gasteiger partial charge in [0.05, 0.1) is 12.3 Å². The van der Waals surface area contributed by atoms with Gasteiger partial charge >= 0.3 is 0 Å². The van der Waals surface area contributed by atoms with E-state index in [1.165, 1.54) is 25.7 Å². The largest absolute Gasteiger partial charge is 0.492 e. The van der Waals surface area contributed by atoms with Crippen LogP contribution in [0.1, 0.15) is 32.6 Å². The van der Waals surface area contributed by atoms with Crippen LogP contribution in [0.25, 0.3) is 0 Å². The van der Waals surface area contributed by atoms with E-state index in [9.17, 15) is 0 Å². The van der Waals surface area contributed by atoms with Crippen molar-refractivity contribution in [1.82, 2.24) is 9.97 Å². The molecule has 22 heavy (non-hydrogen) atoms. The summed E-state index contributed by atoms with van der Waals surface area (Å²) in [4.78, 5) is 8.85. The molecule has 2 aromatic rings. The standard InChI is InChI=1S/C17H22N4O/c1-2-22-15-10-6-5-9-14(15)20-16-11-12-18-17(21-16)19-13-7-3-4-8-13/h5-6,9-13H,2-4,7-8H2,1H3,(H2,18,19,20,21). The third-order valence-corrected chi connectivity index (χ3v) is 3.79. The van der Waals surface area contributed by atoms with Crippen molar-refractivity contribution in [3.63, 3.8) is 0 Å². The highest BCUT2D eigenvalue weighted by atomic mass is 16.5. The van der Waals surface area contributed by atoms with Gasteiger partial charge in [0.2, 0.25) is 5.95 Å². The van der Waals surface area contributed by atoms with E-state index < -0.39 is 0 Å². The predicted molar refractivity (Wildman–Crippen MR) is 88.8 cm³/mol. The van der Waals surface area contributed by atoms with Crippen LogP contribution in [0.2, 0.25) is 0 Å². The van der Waals surface area contributed by atoms with E-state index in [0.29, 0.717) is 18.6 Å². The average Bonchev–Trinajstić information content (AvgIpc) is 3.03. The maximum absolute atomic E-state index is 5.63. The van der Waals surface area contributed by atoms with Gasteiger partial charge in [0.15, 0.2) is 0 Å². The van der Waals surface area contributed by atoms with Gasteiger partial charge in [0.1, 0.15) is 11.6 Å². The summed E-state index contributed by atoms with van der Waals surface area (Å²) in [7, 11) is 0. The second-order valence-electron chi connectivity index (χ2n) is 5.45. The van der Waals surface area contributed by atoms with Gasteiger partial charge in [-0.2, -0.15) is 4.98 Å². The number of rotatable bonds is 6. The Labute approximate surface area is 131 Å². The molecule has 0 amide bonds. The molecule has 5 nitrogen and oxygen atoms in total. The fraction of sp³-hybridized carbons (Fsp3) is 0.412. The molecule has 3 rings (SSSR count). The van der Waals surface area contributed by atoms with Crippen LogP contribution in [-0.4, -0.2) is 22.6 Å². The van der Waals surface area contributed by atoms with Gasteiger partial charge in [-0.25, -0.2) is 4.98 Å². The van der Waals surface area contributed by atoms with E-state index in [1.54, 1.807) is 6.20 Å². The Bertz CT molecular complexity index is 611. The van der Waals surface area contributed by atoms with Crippen LogP contribution >= 0.6 is 0 Å². The fourth-order valence-electron chi connectivity index (χ4n) is 2.74. The summed E-state index contributed by atoms with van der Waals surface area (Å²) in [6.07, 6.45) is 6.76. The fourth-order valence-corrected chi connectivity index (χ4v) is 2.74. The summed E-state index contributed by atoms with van der Waals surface area (Å²) in [6.45, 7) is 2.61. The van der Waals surface area contributed by atoms with Gasteiger partial charge in [-0.1, -0.05) is 25.0 Å². The molecular weight excluding hydrogens is 276 g/mol. The second kappa shape index (κ2) is 7.11. The Morgan fingerprint density at radius 1 is 1.18 bits per heavy atom. The van der Waals surface area contributed by atoms with Crippen molar-refractivity contribution < 1.29 is 4.74 Å². The lowest BCUT2D eigenvalue weighted by molar-refractivity contribution is 0.342. The number of hydrogen-bond donors (Lipinski definition) is 2. The quantitative estimate of drug-likeness (QED) is 0.845. The lowest BCUT2D eigenvalue weighted by Crippen LogP contribution is -2.16. The molecule has 1 aliphatic carbocycles. The number of aromatic nitrogens is 2. The molecule has 1 aromatic carbocycles. The predicted octanol–water partition coefficient (Wildman–Crippen LogP) is 3.97. The lowest BCUT2D eigenvalue weighted by Gasteiger charge is -2.14. The average molecular weight is 298 g/mol. The summed E-state index contributed by atoms with van der Waals surface area (Å²) >= 11 is 0. The van der Waals surface area contributed by atoms with Crippen molar-refractivity contribution in [3.05, 3.63) is 36.5 Å². The number of benzene rings is 1. The zero-order valence-electron chi connectivity index (χ0n) is 12.9. The van der Waals surface area contributed by atoms with Crippen LogP contribution in [0.5, 0.6) is 5.75 Å². The van der Waals surface area contributed by atoms with E-state index >= 15 is 0 Å². The van der Waals surface area contributed by atoms with Crippen LogP contribution < -0.4 is 15.4 Å². The van der Waals surface area contributed by atoms with Gasteiger partial charge in [0, 0.05) is 12.2 Å². The molecule has 1 saturated carbocycles. The molecule has 0 aliphatic heterocycles. The van der Waals surface area contributed by atoms with Crippen LogP contribution in [0.4, 0.5) is 17.5 Å². The van der Waals surface area contributed by atoms with Crippen molar-refractivity contribution in [2.75, 3.05) is 17.2 Å². The first-order valence-electron chi connectivity index (χ1n) is 7.93. The van der Waals surface area contributed by atoms with E-state index in [4.69, 9.17) is 4.74 Å². The number of ether oxygens (including phenoxy) is 1. The molecule has 2 N–H and O–H groups in total. The zero-order chi connectivity index (χ0) is 15.2. The Morgan fingerprint density at radius 2 is 2.00 bits per heavy atom. The van der Waals surface area contributed by atoms with Gasteiger partial charge in [0.25, 0.3) is 0 Å². The van der Waals surface area contributed by atoms with Gasteiger partial charge in [-0.05, 0) is 38.0 Å². The van der Waals surface area contributed by atoms with Crippen molar-refractivity contribution >= 4 is 17.5 Å². The molecule has 0 radical (unpaired) electrons. The maximum atomic E-state index is 5.63. The minimum absolute atomic E-state index is 0.506. The van der Waals surface area contributed by atoms with Gasteiger partial charge in [-0.15, -0.1) is 0 Å². The van der Waals surface area contributed by atoms with E-state index in [0.717, 1.165) is 17.3 Å². The number of nitrogens with one attached hydrogen (secondary N) is 2. The van der Waals surface area contributed by atoms with Crippen LogP contribution in [-0.2, 0) is 0 Å². The molecule has 1 fully saturated rings. The van der Waals surface area contributed by atoms with E-state index in [1.807, 2.05) is 37.3 Å². The van der Waals surface area contributed by atoms with E-state index in [-0.39, 0.29) is 0 Å². The number of nitrogens with zero attached hydrogens (tertiary/aromatic N) is 2. The Morgan fingerprint density at radius 3 is 2.82 bits per heavy atom. The molecule has 0 atom stereocenters. The normalized spacial score (nSPS) is 14.8. The molecule has 0 spiro atoms. The Balaban J connectivity index is 1.72. The summed E-state index contributed by atoms with van der Waals surface area (Å²) in [6, 6.07) is 10.2. The number of hydrogen-bond acceptors (Lipinski definition) is 5. The van der Waals surface area contributed by atoms with E-state index in [2.05, 4.69) is 20.6 Å². The topological polar surface area (TPSA) is 59.1 Å². The highest BCUT2D eigenvalue weighted by Crippen LogP contribution is 2.27. The zero-order valence-corrected chi connectivity index (χ0v) is 12.9. The van der Waals surface area contributed by atoms with Gasteiger partial charge in [-0.3, -0.25) is 0 Å². The molecule has 1 heterocycles. The highest BCUT2D eigenvalue weighted by molar-refractivity contribution is 5.64. The maximum Gasteiger partial charge on any atom is 0.224 e. The third kappa shape index (κ3) is 3.67. The highest BCUT2D eigenvalue weighted by Gasteiger charge is 2.15. The van der Waals surface area contributed by atoms with Gasteiger partial charge < -0.3 is 15.4 Å². The SMILES string of the molecule is CCOc1ccccc1Nc1ccnc(NC2CCCC2)n1. The van der Waals surface area contributed by atoms with Crippen LogP contribution in [0.15, 0.2) is 36.5 Å². The monoisotopic (exact) mass is 298 g/mol. The molecule has 0 unspecified atom stereocenters. The van der Waals surface area contributed by atoms with Crippen LogP contribution in [0.3, 0.4) is 0 Å².